The third-order valence-corrected chi connectivity index (χ3v) is 6.60. The van der Waals surface area contributed by atoms with Gasteiger partial charge in [-0.1, -0.05) is 6.07 Å². The molecule has 6 nitrogen and oxygen atoms in total. The molecule has 0 unspecified atom stereocenters. The summed E-state index contributed by atoms with van der Waals surface area (Å²) in [5.74, 6) is -0.350. The molecule has 2 N–H and O–H groups in total. The third kappa shape index (κ3) is 4.70. The number of carbonyl (C=O) groups excluding carboxylic acids is 1. The second-order valence-corrected chi connectivity index (χ2v) is 9.96. The van der Waals surface area contributed by atoms with Crippen LogP contribution >= 0.6 is 38.6 Å². The average molecular weight is 472 g/mol. The summed E-state index contributed by atoms with van der Waals surface area (Å²) >= 11 is 6.34. The van der Waals surface area contributed by atoms with Crippen LogP contribution in [0.15, 0.2) is 39.5 Å². The van der Waals surface area contributed by atoms with E-state index < -0.39 is 10.0 Å². The lowest BCUT2D eigenvalue weighted by Gasteiger charge is -2.10. The fourth-order valence-corrected chi connectivity index (χ4v) is 5.05. The Kier molecular flexibility index (Phi) is 5.47. The summed E-state index contributed by atoms with van der Waals surface area (Å²) in [6.45, 7) is 1.78. The highest BCUT2D eigenvalue weighted by molar-refractivity contribution is 9.10. The number of anilines is 2. The van der Waals surface area contributed by atoms with Crippen molar-refractivity contribution in [1.29, 1.82) is 0 Å². The zero-order chi connectivity index (χ0) is 18.9. The number of aromatic nitrogens is 1. The van der Waals surface area contributed by atoms with Crippen molar-refractivity contribution in [3.63, 3.8) is 0 Å². The van der Waals surface area contributed by atoms with Gasteiger partial charge < -0.3 is 5.32 Å². The van der Waals surface area contributed by atoms with Gasteiger partial charge in [-0.3, -0.25) is 9.52 Å². The van der Waals surface area contributed by atoms with Crippen molar-refractivity contribution < 1.29 is 13.2 Å². The molecule has 0 saturated heterocycles. The molecule has 2 heterocycles. The number of aryl methyl sites for hydroxylation is 1. The molecule has 0 aliphatic heterocycles. The van der Waals surface area contributed by atoms with Crippen LogP contribution in [0, 0.1) is 6.92 Å². The standard InChI is InChI=1S/C16H14BrN3O3S3/c1-9-3-4-11(6-12(9)20-26(2,22)23)18-15(21)13-8-25-16(19-13)14-5-10(17)7-24-14/h3-8,20H,1-2H3,(H,18,21). The van der Waals surface area contributed by atoms with E-state index in [1.54, 1.807) is 41.8 Å². The van der Waals surface area contributed by atoms with Crippen LogP contribution in [0.1, 0.15) is 16.1 Å². The number of nitrogens with one attached hydrogen (secondary N) is 2. The molecular formula is C16H14BrN3O3S3. The number of rotatable bonds is 5. The minimum Gasteiger partial charge on any atom is -0.321 e. The molecular weight excluding hydrogens is 458 g/mol. The zero-order valence-electron chi connectivity index (χ0n) is 13.7. The zero-order valence-corrected chi connectivity index (χ0v) is 17.8. The molecule has 1 amide bonds. The summed E-state index contributed by atoms with van der Waals surface area (Å²) in [6.07, 6.45) is 1.08. The number of sulfonamides is 1. The summed E-state index contributed by atoms with van der Waals surface area (Å²) in [6, 6.07) is 6.98. The number of thiazole rings is 1. The molecule has 0 spiro atoms. The van der Waals surface area contributed by atoms with E-state index in [4.69, 9.17) is 0 Å². The first kappa shape index (κ1) is 19.0. The number of nitrogens with zero attached hydrogens (tertiary/aromatic N) is 1. The molecule has 0 saturated carbocycles. The lowest BCUT2D eigenvalue weighted by atomic mass is 10.2. The van der Waals surface area contributed by atoms with Gasteiger partial charge in [0, 0.05) is 20.9 Å². The van der Waals surface area contributed by atoms with Crippen molar-refractivity contribution in [3.8, 4) is 9.88 Å². The number of hydrogen-bond donors (Lipinski definition) is 2. The quantitative estimate of drug-likeness (QED) is 0.570. The smallest absolute Gasteiger partial charge is 0.275 e. The van der Waals surface area contributed by atoms with Gasteiger partial charge in [0.05, 0.1) is 16.8 Å². The number of amides is 1. The van der Waals surface area contributed by atoms with Crippen LogP contribution in [-0.4, -0.2) is 25.6 Å². The molecule has 3 rings (SSSR count). The molecule has 3 aromatic rings. The van der Waals surface area contributed by atoms with Crippen LogP contribution < -0.4 is 10.0 Å². The van der Waals surface area contributed by atoms with E-state index in [1.807, 2.05) is 11.4 Å². The Morgan fingerprint density at radius 3 is 2.62 bits per heavy atom. The summed E-state index contributed by atoms with van der Waals surface area (Å²) in [5, 5.41) is 7.17. The summed E-state index contributed by atoms with van der Waals surface area (Å²) in [4.78, 5) is 17.8. The van der Waals surface area contributed by atoms with Gasteiger partial charge in [-0.25, -0.2) is 13.4 Å². The van der Waals surface area contributed by atoms with Crippen LogP contribution in [-0.2, 0) is 10.0 Å². The number of halogens is 1. The molecule has 0 bridgehead atoms. The first-order valence-electron chi connectivity index (χ1n) is 7.31. The van der Waals surface area contributed by atoms with Crippen molar-refractivity contribution in [2.75, 3.05) is 16.3 Å². The van der Waals surface area contributed by atoms with Gasteiger partial charge in [-0.2, -0.15) is 0 Å². The van der Waals surface area contributed by atoms with Crippen molar-refractivity contribution in [3.05, 3.63) is 50.8 Å². The van der Waals surface area contributed by atoms with Crippen LogP contribution in [0.5, 0.6) is 0 Å². The second-order valence-electron chi connectivity index (χ2n) is 5.53. The van der Waals surface area contributed by atoms with Gasteiger partial charge in [0.15, 0.2) is 0 Å². The Bertz CT molecular complexity index is 1070. The van der Waals surface area contributed by atoms with Gasteiger partial charge in [0.2, 0.25) is 10.0 Å². The van der Waals surface area contributed by atoms with Crippen LogP contribution in [0.25, 0.3) is 9.88 Å². The first-order valence-corrected chi connectivity index (χ1v) is 11.8. The van der Waals surface area contributed by atoms with E-state index in [0.717, 1.165) is 26.2 Å². The highest BCUT2D eigenvalue weighted by Gasteiger charge is 2.14. The van der Waals surface area contributed by atoms with Crippen molar-refractivity contribution in [2.24, 2.45) is 0 Å². The lowest BCUT2D eigenvalue weighted by Crippen LogP contribution is -2.14. The maximum Gasteiger partial charge on any atom is 0.275 e. The Morgan fingerprint density at radius 2 is 1.96 bits per heavy atom. The largest absolute Gasteiger partial charge is 0.321 e. The van der Waals surface area contributed by atoms with Gasteiger partial charge in [-0.15, -0.1) is 22.7 Å². The molecule has 0 aliphatic carbocycles. The van der Waals surface area contributed by atoms with E-state index >= 15 is 0 Å². The fourth-order valence-electron chi connectivity index (χ4n) is 2.12. The lowest BCUT2D eigenvalue weighted by molar-refractivity contribution is 0.102. The van der Waals surface area contributed by atoms with E-state index in [9.17, 15) is 13.2 Å². The number of thiophene rings is 1. The van der Waals surface area contributed by atoms with Gasteiger partial charge in [0.25, 0.3) is 5.91 Å². The van der Waals surface area contributed by atoms with Gasteiger partial charge in [0.1, 0.15) is 10.7 Å². The minimum absolute atomic E-state index is 0.313. The molecule has 2 aromatic heterocycles. The molecule has 0 radical (unpaired) electrons. The van der Waals surface area contributed by atoms with Crippen molar-refractivity contribution >= 4 is 65.9 Å². The minimum atomic E-state index is -3.40. The fraction of sp³-hybridized carbons (Fsp3) is 0.125. The topological polar surface area (TPSA) is 88.2 Å². The van der Waals surface area contributed by atoms with E-state index in [2.05, 4.69) is 31.0 Å². The average Bonchev–Trinajstić information content (AvgIpc) is 3.18. The summed E-state index contributed by atoms with van der Waals surface area (Å²) < 4.78 is 26.3. The Hall–Kier alpha value is -1.75. The SMILES string of the molecule is Cc1ccc(NC(=O)c2csc(-c3cc(Br)cs3)n2)cc1NS(C)(=O)=O. The normalized spacial score (nSPS) is 11.3. The Morgan fingerprint density at radius 1 is 1.19 bits per heavy atom. The van der Waals surface area contributed by atoms with Crippen molar-refractivity contribution in [1.82, 2.24) is 4.98 Å². The van der Waals surface area contributed by atoms with Crippen LogP contribution in [0.2, 0.25) is 0 Å². The third-order valence-electron chi connectivity index (χ3n) is 3.31. The predicted molar refractivity (Wildman–Crippen MR) is 111 cm³/mol. The number of benzene rings is 1. The van der Waals surface area contributed by atoms with Gasteiger partial charge in [-0.05, 0) is 46.6 Å². The van der Waals surface area contributed by atoms with Gasteiger partial charge >= 0.3 is 0 Å². The molecule has 0 aliphatic rings. The highest BCUT2D eigenvalue weighted by Crippen LogP contribution is 2.32. The predicted octanol–water partition coefficient (Wildman–Crippen LogP) is 4.57. The summed E-state index contributed by atoms with van der Waals surface area (Å²) in [5.41, 5.74) is 1.98. The van der Waals surface area contributed by atoms with Crippen LogP contribution in [0.3, 0.4) is 0 Å². The molecule has 10 heteroatoms. The monoisotopic (exact) mass is 471 g/mol. The molecule has 26 heavy (non-hydrogen) atoms. The summed E-state index contributed by atoms with van der Waals surface area (Å²) in [7, 11) is -3.40. The number of carbonyl (C=O) groups is 1. The van der Waals surface area contributed by atoms with E-state index in [1.165, 1.54) is 11.3 Å². The molecule has 136 valence electrons. The Labute approximate surface area is 167 Å². The van der Waals surface area contributed by atoms with Crippen molar-refractivity contribution in [2.45, 2.75) is 6.92 Å². The number of hydrogen-bond acceptors (Lipinski definition) is 6. The second kappa shape index (κ2) is 7.47. The molecule has 1 aromatic carbocycles. The highest BCUT2D eigenvalue weighted by atomic mass is 79.9. The van der Waals surface area contributed by atoms with Crippen LogP contribution in [0.4, 0.5) is 11.4 Å². The maximum absolute atomic E-state index is 12.4. The molecule has 0 fully saturated rings. The first-order chi connectivity index (χ1) is 12.2. The van der Waals surface area contributed by atoms with E-state index in [0.29, 0.717) is 17.1 Å². The Balaban J connectivity index is 1.78. The van der Waals surface area contributed by atoms with E-state index in [-0.39, 0.29) is 5.91 Å². The maximum atomic E-state index is 12.4. The molecule has 0 atom stereocenters.